The SMILES string of the molecule is CC1(C)CCC(COc2cccc3c2NCCC3)C1. The Morgan fingerprint density at radius 3 is 3.05 bits per heavy atom. The van der Waals surface area contributed by atoms with Gasteiger partial charge in [0.2, 0.25) is 0 Å². The smallest absolute Gasteiger partial charge is 0.142 e. The fourth-order valence-corrected chi connectivity index (χ4v) is 3.53. The van der Waals surface area contributed by atoms with Gasteiger partial charge in [0.15, 0.2) is 0 Å². The maximum Gasteiger partial charge on any atom is 0.142 e. The van der Waals surface area contributed by atoms with Crippen LogP contribution in [0.1, 0.15) is 45.1 Å². The molecular formula is C17H25NO. The fraction of sp³-hybridized carbons (Fsp3) is 0.647. The molecule has 1 atom stereocenters. The first-order valence-electron chi connectivity index (χ1n) is 7.63. The van der Waals surface area contributed by atoms with Gasteiger partial charge in [0.1, 0.15) is 5.75 Å². The van der Waals surface area contributed by atoms with Crippen molar-refractivity contribution in [3.63, 3.8) is 0 Å². The first-order chi connectivity index (χ1) is 9.14. The Morgan fingerprint density at radius 2 is 2.26 bits per heavy atom. The van der Waals surface area contributed by atoms with Gasteiger partial charge in [0, 0.05) is 6.54 Å². The Labute approximate surface area is 116 Å². The molecule has 104 valence electrons. The molecule has 2 aliphatic rings. The van der Waals surface area contributed by atoms with Gasteiger partial charge in [-0.15, -0.1) is 0 Å². The molecule has 1 unspecified atom stereocenters. The van der Waals surface area contributed by atoms with Gasteiger partial charge in [-0.2, -0.15) is 0 Å². The zero-order valence-corrected chi connectivity index (χ0v) is 12.2. The first kappa shape index (κ1) is 12.8. The van der Waals surface area contributed by atoms with Crippen molar-refractivity contribution in [3.8, 4) is 5.75 Å². The number of benzene rings is 1. The van der Waals surface area contributed by atoms with Crippen LogP contribution in [0.3, 0.4) is 0 Å². The Hall–Kier alpha value is -1.18. The van der Waals surface area contributed by atoms with Gasteiger partial charge in [-0.25, -0.2) is 0 Å². The minimum absolute atomic E-state index is 0.516. The number of fused-ring (bicyclic) bond motifs is 1. The molecular weight excluding hydrogens is 234 g/mol. The van der Waals surface area contributed by atoms with E-state index in [1.807, 2.05) is 0 Å². The molecule has 0 bridgehead atoms. The molecule has 1 aromatic rings. The first-order valence-corrected chi connectivity index (χ1v) is 7.63. The Bertz CT molecular complexity index is 453. The van der Waals surface area contributed by atoms with Crippen LogP contribution in [0.5, 0.6) is 5.75 Å². The lowest BCUT2D eigenvalue weighted by atomic mass is 9.91. The van der Waals surface area contributed by atoms with Crippen LogP contribution < -0.4 is 10.1 Å². The van der Waals surface area contributed by atoms with Crippen LogP contribution in [-0.4, -0.2) is 13.2 Å². The van der Waals surface area contributed by atoms with E-state index in [4.69, 9.17) is 4.74 Å². The summed E-state index contributed by atoms with van der Waals surface area (Å²) in [6.45, 7) is 6.70. The molecule has 2 heteroatoms. The number of hydrogen-bond donors (Lipinski definition) is 1. The molecule has 1 heterocycles. The predicted octanol–water partition coefficient (Wildman–Crippen LogP) is 4.25. The van der Waals surface area contributed by atoms with Crippen LogP contribution >= 0.6 is 0 Å². The van der Waals surface area contributed by atoms with Crippen molar-refractivity contribution in [1.29, 1.82) is 0 Å². The third kappa shape index (κ3) is 2.88. The fourth-order valence-electron chi connectivity index (χ4n) is 3.53. The summed E-state index contributed by atoms with van der Waals surface area (Å²) in [5.74, 6) is 1.79. The maximum atomic E-state index is 6.12. The third-order valence-corrected chi connectivity index (χ3v) is 4.58. The van der Waals surface area contributed by atoms with Crippen molar-refractivity contribution < 1.29 is 4.74 Å². The summed E-state index contributed by atoms with van der Waals surface area (Å²) in [5, 5.41) is 3.50. The van der Waals surface area contributed by atoms with Crippen LogP contribution in [-0.2, 0) is 6.42 Å². The number of rotatable bonds is 3. The second-order valence-corrected chi connectivity index (χ2v) is 6.90. The van der Waals surface area contributed by atoms with Crippen molar-refractivity contribution in [2.24, 2.45) is 11.3 Å². The molecule has 2 nitrogen and oxygen atoms in total. The normalized spacial score (nSPS) is 24.6. The van der Waals surface area contributed by atoms with Gasteiger partial charge in [-0.05, 0) is 55.1 Å². The topological polar surface area (TPSA) is 21.3 Å². The van der Waals surface area contributed by atoms with Crippen LogP contribution in [0, 0.1) is 11.3 Å². The number of aryl methyl sites for hydroxylation is 1. The average Bonchev–Trinajstić information content (AvgIpc) is 2.76. The van der Waals surface area contributed by atoms with E-state index in [9.17, 15) is 0 Å². The molecule has 1 aliphatic heterocycles. The Morgan fingerprint density at radius 1 is 1.37 bits per heavy atom. The number of para-hydroxylation sites is 1. The summed E-state index contributed by atoms with van der Waals surface area (Å²) in [4.78, 5) is 0. The highest BCUT2D eigenvalue weighted by Crippen LogP contribution is 2.41. The zero-order chi connectivity index (χ0) is 13.3. The summed E-state index contributed by atoms with van der Waals surface area (Å²) >= 11 is 0. The van der Waals surface area contributed by atoms with E-state index in [2.05, 4.69) is 37.4 Å². The maximum absolute atomic E-state index is 6.12. The predicted molar refractivity (Wildman–Crippen MR) is 79.9 cm³/mol. The summed E-state index contributed by atoms with van der Waals surface area (Å²) in [6.07, 6.45) is 6.36. The quantitative estimate of drug-likeness (QED) is 0.876. The zero-order valence-electron chi connectivity index (χ0n) is 12.2. The van der Waals surface area contributed by atoms with E-state index < -0.39 is 0 Å². The third-order valence-electron chi connectivity index (χ3n) is 4.58. The van der Waals surface area contributed by atoms with E-state index in [1.165, 1.54) is 43.4 Å². The lowest BCUT2D eigenvalue weighted by molar-refractivity contribution is 0.238. The molecule has 1 aliphatic carbocycles. The minimum atomic E-state index is 0.516. The summed E-state index contributed by atoms with van der Waals surface area (Å²) in [6, 6.07) is 6.45. The van der Waals surface area contributed by atoms with Gasteiger partial charge in [0.25, 0.3) is 0 Å². The number of anilines is 1. The van der Waals surface area contributed by atoms with E-state index in [-0.39, 0.29) is 0 Å². The molecule has 1 aromatic carbocycles. The molecule has 0 saturated heterocycles. The van der Waals surface area contributed by atoms with Crippen molar-refractivity contribution in [3.05, 3.63) is 23.8 Å². The molecule has 3 rings (SSSR count). The summed E-state index contributed by atoms with van der Waals surface area (Å²) in [7, 11) is 0. The van der Waals surface area contributed by atoms with Crippen molar-refractivity contribution in [2.45, 2.75) is 46.0 Å². The average molecular weight is 259 g/mol. The number of hydrogen-bond acceptors (Lipinski definition) is 2. The second kappa shape index (κ2) is 5.07. The number of nitrogens with one attached hydrogen (secondary N) is 1. The van der Waals surface area contributed by atoms with Gasteiger partial charge < -0.3 is 10.1 Å². The minimum Gasteiger partial charge on any atom is -0.491 e. The molecule has 1 fully saturated rings. The lowest BCUT2D eigenvalue weighted by Gasteiger charge is -2.22. The highest BCUT2D eigenvalue weighted by atomic mass is 16.5. The van der Waals surface area contributed by atoms with Crippen LogP contribution in [0.4, 0.5) is 5.69 Å². The lowest BCUT2D eigenvalue weighted by Crippen LogP contribution is -2.15. The van der Waals surface area contributed by atoms with Gasteiger partial charge in [0.05, 0.1) is 12.3 Å². The second-order valence-electron chi connectivity index (χ2n) is 6.90. The van der Waals surface area contributed by atoms with Crippen molar-refractivity contribution >= 4 is 5.69 Å². The summed E-state index contributed by atoms with van der Waals surface area (Å²) < 4.78 is 6.12. The van der Waals surface area contributed by atoms with E-state index in [1.54, 1.807) is 0 Å². The molecule has 0 radical (unpaired) electrons. The highest BCUT2D eigenvalue weighted by molar-refractivity contribution is 5.63. The molecule has 1 saturated carbocycles. The Balaban J connectivity index is 1.64. The molecule has 0 spiro atoms. The highest BCUT2D eigenvalue weighted by Gasteiger charge is 2.31. The van der Waals surface area contributed by atoms with Gasteiger partial charge >= 0.3 is 0 Å². The number of ether oxygens (including phenoxy) is 1. The van der Waals surface area contributed by atoms with Gasteiger partial charge in [-0.3, -0.25) is 0 Å². The molecule has 0 aromatic heterocycles. The molecule has 19 heavy (non-hydrogen) atoms. The monoisotopic (exact) mass is 259 g/mol. The largest absolute Gasteiger partial charge is 0.491 e. The van der Waals surface area contributed by atoms with Crippen molar-refractivity contribution in [1.82, 2.24) is 0 Å². The standard InChI is InChI=1S/C17H25NO/c1-17(2)9-8-13(11-17)12-19-15-7-3-5-14-6-4-10-18-16(14)15/h3,5,7,13,18H,4,6,8-12H2,1-2H3. The molecule has 0 amide bonds. The van der Waals surface area contributed by atoms with Crippen LogP contribution in [0.15, 0.2) is 18.2 Å². The van der Waals surface area contributed by atoms with E-state index >= 15 is 0 Å². The van der Waals surface area contributed by atoms with Crippen LogP contribution in [0.25, 0.3) is 0 Å². The van der Waals surface area contributed by atoms with Crippen molar-refractivity contribution in [2.75, 3.05) is 18.5 Å². The summed E-state index contributed by atoms with van der Waals surface area (Å²) in [5.41, 5.74) is 3.17. The van der Waals surface area contributed by atoms with Crippen LogP contribution in [0.2, 0.25) is 0 Å². The van der Waals surface area contributed by atoms with Gasteiger partial charge in [-0.1, -0.05) is 26.0 Å². The molecule has 1 N–H and O–H groups in total. The Kier molecular flexibility index (Phi) is 3.42. The van der Waals surface area contributed by atoms with E-state index in [0.29, 0.717) is 5.41 Å². The van der Waals surface area contributed by atoms with E-state index in [0.717, 1.165) is 24.8 Å².